The summed E-state index contributed by atoms with van der Waals surface area (Å²) in [6.07, 6.45) is 3.96. The van der Waals surface area contributed by atoms with Gasteiger partial charge in [-0.1, -0.05) is 26.0 Å². The minimum Gasteiger partial charge on any atom is -0.477 e. The van der Waals surface area contributed by atoms with Crippen molar-refractivity contribution >= 4 is 17.5 Å². The van der Waals surface area contributed by atoms with E-state index in [1.165, 1.54) is 6.33 Å². The van der Waals surface area contributed by atoms with Gasteiger partial charge in [-0.15, -0.1) is 0 Å². The summed E-state index contributed by atoms with van der Waals surface area (Å²) in [7, 11) is 0. The van der Waals surface area contributed by atoms with Crippen molar-refractivity contribution in [2.45, 2.75) is 38.8 Å². The molecule has 160 valence electrons. The number of nitrogens with zero attached hydrogens (tertiary/aromatic N) is 4. The average molecular weight is 419 g/mol. The lowest BCUT2D eigenvalue weighted by Gasteiger charge is -2.34. The first-order valence-electron chi connectivity index (χ1n) is 10.4. The van der Waals surface area contributed by atoms with Gasteiger partial charge < -0.3 is 15.0 Å². The number of aromatic nitrogens is 3. The van der Waals surface area contributed by atoms with Crippen LogP contribution in [0, 0.1) is 0 Å². The molecule has 2 amide bonds. The van der Waals surface area contributed by atoms with E-state index in [4.69, 9.17) is 4.74 Å². The van der Waals surface area contributed by atoms with Gasteiger partial charge in [-0.3, -0.25) is 9.59 Å². The van der Waals surface area contributed by atoms with Gasteiger partial charge in [-0.25, -0.2) is 9.67 Å². The van der Waals surface area contributed by atoms with Crippen molar-refractivity contribution in [1.29, 1.82) is 0 Å². The van der Waals surface area contributed by atoms with Gasteiger partial charge in [-0.05, 0) is 49.2 Å². The summed E-state index contributed by atoms with van der Waals surface area (Å²) >= 11 is 0. The predicted octanol–water partition coefficient (Wildman–Crippen LogP) is 2.98. The minimum atomic E-state index is -0.770. The predicted molar refractivity (Wildman–Crippen MR) is 116 cm³/mol. The van der Waals surface area contributed by atoms with Gasteiger partial charge in [0.1, 0.15) is 18.4 Å². The lowest BCUT2D eigenvalue weighted by atomic mass is 10.1. The maximum absolute atomic E-state index is 13.4. The highest BCUT2D eigenvalue weighted by Gasteiger charge is 2.34. The Kier molecular flexibility index (Phi) is 5.97. The van der Waals surface area contributed by atoms with Gasteiger partial charge in [0, 0.05) is 11.6 Å². The number of carbonyl (C=O) groups is 2. The number of benzene rings is 2. The van der Waals surface area contributed by atoms with Crippen LogP contribution in [0.25, 0.3) is 5.69 Å². The van der Waals surface area contributed by atoms with Gasteiger partial charge in [0.05, 0.1) is 17.9 Å². The van der Waals surface area contributed by atoms with Crippen LogP contribution in [0.2, 0.25) is 0 Å². The molecule has 1 aliphatic heterocycles. The third-order valence-corrected chi connectivity index (χ3v) is 5.44. The smallest absolute Gasteiger partial charge is 0.263 e. The van der Waals surface area contributed by atoms with E-state index >= 15 is 0 Å². The van der Waals surface area contributed by atoms with Crippen LogP contribution in [0.5, 0.6) is 5.75 Å². The zero-order chi connectivity index (χ0) is 21.8. The molecule has 2 heterocycles. The molecule has 1 aliphatic rings. The van der Waals surface area contributed by atoms with Crippen LogP contribution in [0.15, 0.2) is 61.2 Å². The van der Waals surface area contributed by atoms with E-state index in [1.54, 1.807) is 34.1 Å². The molecule has 8 nitrogen and oxygen atoms in total. The van der Waals surface area contributed by atoms with E-state index in [9.17, 15) is 9.59 Å². The Morgan fingerprint density at radius 2 is 1.87 bits per heavy atom. The Hall–Kier alpha value is -3.68. The zero-order valence-corrected chi connectivity index (χ0v) is 17.6. The monoisotopic (exact) mass is 419 g/mol. The quantitative estimate of drug-likeness (QED) is 0.664. The Balaban J connectivity index is 1.58. The molecule has 0 bridgehead atoms. The van der Waals surface area contributed by atoms with E-state index in [1.807, 2.05) is 44.2 Å². The summed E-state index contributed by atoms with van der Waals surface area (Å²) in [5.74, 6) is 0.120. The zero-order valence-electron chi connectivity index (χ0n) is 17.6. The van der Waals surface area contributed by atoms with Crippen molar-refractivity contribution in [2.24, 2.45) is 0 Å². The fourth-order valence-electron chi connectivity index (χ4n) is 3.60. The molecule has 0 aliphatic carbocycles. The largest absolute Gasteiger partial charge is 0.477 e. The van der Waals surface area contributed by atoms with E-state index in [-0.39, 0.29) is 24.4 Å². The summed E-state index contributed by atoms with van der Waals surface area (Å²) in [5.41, 5.74) is 1.97. The van der Waals surface area contributed by atoms with Crippen LogP contribution in [-0.4, -0.2) is 45.3 Å². The third-order valence-electron chi connectivity index (χ3n) is 5.44. The summed E-state index contributed by atoms with van der Waals surface area (Å²) in [6, 6.07) is 14.5. The minimum absolute atomic E-state index is 0.0850. The van der Waals surface area contributed by atoms with Crippen LogP contribution in [-0.2, 0) is 4.79 Å². The summed E-state index contributed by atoms with van der Waals surface area (Å²) in [4.78, 5) is 31.7. The van der Waals surface area contributed by atoms with Gasteiger partial charge in [0.25, 0.3) is 11.8 Å². The number of anilines is 1. The van der Waals surface area contributed by atoms with Crippen LogP contribution < -0.4 is 15.0 Å². The van der Waals surface area contributed by atoms with Crippen molar-refractivity contribution < 1.29 is 14.3 Å². The first-order valence-corrected chi connectivity index (χ1v) is 10.4. The summed E-state index contributed by atoms with van der Waals surface area (Å²) < 4.78 is 7.57. The number of carbonyl (C=O) groups excluding carboxylic acids is 2. The number of hydrogen-bond donors (Lipinski definition) is 1. The second-order valence-electron chi connectivity index (χ2n) is 7.40. The van der Waals surface area contributed by atoms with Gasteiger partial charge in [0.2, 0.25) is 0 Å². The normalized spacial score (nSPS) is 15.3. The van der Waals surface area contributed by atoms with Crippen LogP contribution in [0.1, 0.15) is 37.0 Å². The molecular weight excluding hydrogens is 394 g/mol. The Labute approximate surface area is 180 Å². The topological polar surface area (TPSA) is 89.4 Å². The lowest BCUT2D eigenvalue weighted by Crippen LogP contribution is -2.52. The first kappa shape index (κ1) is 20.6. The molecule has 0 fully saturated rings. The molecule has 31 heavy (non-hydrogen) atoms. The summed E-state index contributed by atoms with van der Waals surface area (Å²) in [5, 5.41) is 7.12. The Morgan fingerprint density at radius 1 is 1.13 bits per heavy atom. The highest BCUT2D eigenvalue weighted by molar-refractivity contribution is 6.08. The Bertz CT molecular complexity index is 1050. The van der Waals surface area contributed by atoms with Gasteiger partial charge >= 0.3 is 0 Å². The highest BCUT2D eigenvalue weighted by atomic mass is 16.5. The number of fused-ring (bicyclic) bond motifs is 1. The second-order valence-corrected chi connectivity index (χ2v) is 7.40. The molecular formula is C23H25N5O3. The van der Waals surface area contributed by atoms with E-state index < -0.39 is 6.10 Å². The van der Waals surface area contributed by atoms with Crippen molar-refractivity contribution in [3.8, 4) is 11.4 Å². The number of hydrogen-bond acceptors (Lipinski definition) is 5. The average Bonchev–Trinajstić information content (AvgIpc) is 3.36. The molecule has 8 heteroatoms. The van der Waals surface area contributed by atoms with E-state index in [0.717, 1.165) is 18.5 Å². The number of para-hydroxylation sites is 2. The fourth-order valence-corrected chi connectivity index (χ4v) is 3.60. The number of ether oxygens (including phenoxy) is 1. The number of rotatable bonds is 6. The molecule has 1 atom stereocenters. The molecule has 3 aromatic rings. The van der Waals surface area contributed by atoms with Crippen molar-refractivity contribution in [3.63, 3.8) is 0 Å². The van der Waals surface area contributed by atoms with Crippen molar-refractivity contribution in [3.05, 3.63) is 66.7 Å². The van der Waals surface area contributed by atoms with Crippen LogP contribution in [0.3, 0.4) is 0 Å². The van der Waals surface area contributed by atoms with Gasteiger partial charge in [-0.2, -0.15) is 5.10 Å². The fraction of sp³-hybridized carbons (Fsp3) is 0.304. The maximum Gasteiger partial charge on any atom is 0.263 e. The lowest BCUT2D eigenvalue weighted by molar-refractivity contribution is -0.128. The molecule has 0 spiro atoms. The molecule has 1 aromatic heterocycles. The maximum atomic E-state index is 13.4. The first-order chi connectivity index (χ1) is 15.1. The SMILES string of the molecule is CCC(CC)NC(=O)C1CN(C(=O)c2ccc(-n3cncn3)cc2)c2ccccc2O1. The van der Waals surface area contributed by atoms with E-state index in [2.05, 4.69) is 15.4 Å². The van der Waals surface area contributed by atoms with Crippen LogP contribution >= 0.6 is 0 Å². The summed E-state index contributed by atoms with van der Waals surface area (Å²) in [6.45, 7) is 4.21. The third kappa shape index (κ3) is 4.28. The standard InChI is InChI=1S/C23H25N5O3/c1-3-17(4-2)26-22(29)21-13-27(19-7-5-6-8-20(19)31-21)23(30)16-9-11-18(12-10-16)28-15-24-14-25-28/h5-12,14-15,17,21H,3-4,13H2,1-2H3,(H,26,29). The Morgan fingerprint density at radius 3 is 2.55 bits per heavy atom. The molecule has 0 saturated heterocycles. The molecule has 1 N–H and O–H groups in total. The van der Waals surface area contributed by atoms with Crippen molar-refractivity contribution in [2.75, 3.05) is 11.4 Å². The second kappa shape index (κ2) is 8.99. The number of amides is 2. The molecule has 0 radical (unpaired) electrons. The van der Waals surface area contributed by atoms with Crippen molar-refractivity contribution in [1.82, 2.24) is 20.1 Å². The van der Waals surface area contributed by atoms with Gasteiger partial charge in [0.15, 0.2) is 6.10 Å². The van der Waals surface area contributed by atoms with Crippen LogP contribution in [0.4, 0.5) is 5.69 Å². The van der Waals surface area contributed by atoms with E-state index in [0.29, 0.717) is 17.0 Å². The molecule has 2 aromatic carbocycles. The highest BCUT2D eigenvalue weighted by Crippen LogP contribution is 2.34. The molecule has 4 rings (SSSR count). The number of nitrogens with one attached hydrogen (secondary N) is 1. The molecule has 1 unspecified atom stereocenters. The molecule has 0 saturated carbocycles.